The average Bonchev–Trinajstić information content (AvgIpc) is 3.28. The first kappa shape index (κ1) is 15.9. The van der Waals surface area contributed by atoms with Crippen molar-refractivity contribution in [3.05, 3.63) is 22.7 Å². The van der Waals surface area contributed by atoms with E-state index in [4.69, 9.17) is 9.47 Å². The van der Waals surface area contributed by atoms with Gasteiger partial charge < -0.3 is 14.8 Å². The summed E-state index contributed by atoms with van der Waals surface area (Å²) in [5.74, 6) is -0.168. The molecule has 0 bridgehead atoms. The van der Waals surface area contributed by atoms with Gasteiger partial charge in [0.2, 0.25) is 5.91 Å². The van der Waals surface area contributed by atoms with Gasteiger partial charge in [0.15, 0.2) is 0 Å². The lowest BCUT2D eigenvalue weighted by molar-refractivity contribution is -0.120. The SMILES string of the molecule is COC(=O)c1sc2nc(C)ccc2c1NC(=O)COCC1CC1. The van der Waals surface area contributed by atoms with Crippen LogP contribution in [0.5, 0.6) is 0 Å². The molecule has 0 spiro atoms. The number of thiophene rings is 1. The van der Waals surface area contributed by atoms with E-state index in [1.54, 1.807) is 0 Å². The third kappa shape index (κ3) is 3.68. The van der Waals surface area contributed by atoms with Crippen molar-refractivity contribution < 1.29 is 19.1 Å². The van der Waals surface area contributed by atoms with Gasteiger partial charge in [0.1, 0.15) is 16.3 Å². The number of ether oxygens (including phenoxy) is 2. The molecule has 2 heterocycles. The molecule has 6 nitrogen and oxygen atoms in total. The first-order chi connectivity index (χ1) is 11.1. The van der Waals surface area contributed by atoms with Crippen molar-refractivity contribution in [3.8, 4) is 0 Å². The number of hydrogen-bond acceptors (Lipinski definition) is 6. The molecule has 122 valence electrons. The molecule has 3 rings (SSSR count). The molecule has 2 aromatic rings. The topological polar surface area (TPSA) is 77.5 Å². The maximum Gasteiger partial charge on any atom is 0.350 e. The molecule has 2 aromatic heterocycles. The summed E-state index contributed by atoms with van der Waals surface area (Å²) in [7, 11) is 1.32. The van der Waals surface area contributed by atoms with Crippen molar-refractivity contribution in [2.24, 2.45) is 5.92 Å². The van der Waals surface area contributed by atoms with Crippen molar-refractivity contribution in [2.45, 2.75) is 19.8 Å². The van der Waals surface area contributed by atoms with Crippen molar-refractivity contribution in [1.29, 1.82) is 0 Å². The molecule has 1 amide bonds. The second kappa shape index (κ2) is 6.64. The number of aromatic nitrogens is 1. The molecule has 0 unspecified atom stereocenters. The Hall–Kier alpha value is -1.99. The summed E-state index contributed by atoms with van der Waals surface area (Å²) in [6.45, 7) is 2.47. The molecule has 1 aliphatic carbocycles. The van der Waals surface area contributed by atoms with Gasteiger partial charge in [-0.1, -0.05) is 0 Å². The fourth-order valence-corrected chi connectivity index (χ4v) is 3.30. The third-order valence-electron chi connectivity index (χ3n) is 3.61. The number of carbonyl (C=O) groups excluding carboxylic acids is 2. The maximum absolute atomic E-state index is 12.1. The van der Waals surface area contributed by atoms with Crippen LogP contribution in [0.1, 0.15) is 28.2 Å². The normalized spacial score (nSPS) is 14.0. The quantitative estimate of drug-likeness (QED) is 0.822. The number of fused-ring (bicyclic) bond motifs is 1. The summed E-state index contributed by atoms with van der Waals surface area (Å²) in [4.78, 5) is 29.5. The molecular formula is C16H18N2O4S. The number of hydrogen-bond donors (Lipinski definition) is 1. The van der Waals surface area contributed by atoms with E-state index in [9.17, 15) is 9.59 Å². The van der Waals surface area contributed by atoms with E-state index in [0.717, 1.165) is 11.1 Å². The van der Waals surface area contributed by atoms with E-state index in [2.05, 4.69) is 10.3 Å². The predicted molar refractivity (Wildman–Crippen MR) is 87.9 cm³/mol. The maximum atomic E-state index is 12.1. The van der Waals surface area contributed by atoms with Gasteiger partial charge in [-0.15, -0.1) is 11.3 Å². The van der Waals surface area contributed by atoms with Crippen LogP contribution >= 0.6 is 11.3 Å². The fraction of sp³-hybridized carbons (Fsp3) is 0.438. The van der Waals surface area contributed by atoms with Gasteiger partial charge >= 0.3 is 5.97 Å². The highest BCUT2D eigenvalue weighted by atomic mass is 32.1. The molecule has 23 heavy (non-hydrogen) atoms. The fourth-order valence-electron chi connectivity index (χ4n) is 2.21. The summed E-state index contributed by atoms with van der Waals surface area (Å²) in [5, 5.41) is 3.50. The van der Waals surface area contributed by atoms with E-state index >= 15 is 0 Å². The Morgan fingerprint density at radius 3 is 2.87 bits per heavy atom. The Kier molecular flexibility index (Phi) is 4.58. The molecule has 1 N–H and O–H groups in total. The number of nitrogens with one attached hydrogen (secondary N) is 1. The van der Waals surface area contributed by atoms with Gasteiger partial charge in [-0.3, -0.25) is 4.79 Å². The molecule has 0 saturated heterocycles. The molecule has 7 heteroatoms. The van der Waals surface area contributed by atoms with Crippen molar-refractivity contribution >= 4 is 39.1 Å². The van der Waals surface area contributed by atoms with Crippen LogP contribution in [0.25, 0.3) is 10.2 Å². The van der Waals surface area contributed by atoms with Crippen LogP contribution in [0.4, 0.5) is 5.69 Å². The predicted octanol–water partition coefficient (Wildman–Crippen LogP) is 2.76. The lowest BCUT2D eigenvalue weighted by Crippen LogP contribution is -2.20. The van der Waals surface area contributed by atoms with Gasteiger partial charge in [0, 0.05) is 11.1 Å². The van der Waals surface area contributed by atoms with E-state index in [0.29, 0.717) is 27.9 Å². The van der Waals surface area contributed by atoms with Gasteiger partial charge in [-0.2, -0.15) is 0 Å². The van der Waals surface area contributed by atoms with Gasteiger partial charge in [-0.05, 0) is 37.8 Å². The number of pyridine rings is 1. The second-order valence-electron chi connectivity index (χ2n) is 5.61. The number of carbonyl (C=O) groups is 2. The number of rotatable bonds is 6. The first-order valence-corrected chi connectivity index (χ1v) is 8.26. The molecule has 0 atom stereocenters. The van der Waals surface area contributed by atoms with Crippen LogP contribution in [-0.4, -0.2) is 37.2 Å². The average molecular weight is 334 g/mol. The van der Waals surface area contributed by atoms with Gasteiger partial charge in [0.25, 0.3) is 0 Å². The summed E-state index contributed by atoms with van der Waals surface area (Å²) >= 11 is 1.21. The second-order valence-corrected chi connectivity index (χ2v) is 6.61. The van der Waals surface area contributed by atoms with E-state index in [-0.39, 0.29) is 12.5 Å². The Morgan fingerprint density at radius 1 is 1.39 bits per heavy atom. The summed E-state index contributed by atoms with van der Waals surface area (Å²) in [5.41, 5.74) is 1.30. The largest absolute Gasteiger partial charge is 0.465 e. The lowest BCUT2D eigenvalue weighted by atomic mass is 10.2. The van der Waals surface area contributed by atoms with Gasteiger partial charge in [0.05, 0.1) is 19.4 Å². The van der Waals surface area contributed by atoms with E-state index in [1.165, 1.54) is 31.3 Å². The highest BCUT2D eigenvalue weighted by Crippen LogP contribution is 2.35. The van der Waals surface area contributed by atoms with E-state index < -0.39 is 5.97 Å². The monoisotopic (exact) mass is 334 g/mol. The van der Waals surface area contributed by atoms with Crippen molar-refractivity contribution in [3.63, 3.8) is 0 Å². The molecular weight excluding hydrogens is 316 g/mol. The Labute approximate surface area is 137 Å². The van der Waals surface area contributed by atoms with Crippen LogP contribution < -0.4 is 5.32 Å². The Morgan fingerprint density at radius 2 is 2.17 bits per heavy atom. The molecule has 1 aliphatic rings. The number of amides is 1. The summed E-state index contributed by atoms with van der Waals surface area (Å²) in [6, 6.07) is 3.69. The standard InChI is InChI=1S/C16H18N2O4S/c1-9-3-6-11-13(14(16(20)21-2)23-15(11)17-9)18-12(19)8-22-7-10-4-5-10/h3,6,10H,4-5,7-8H2,1-2H3,(H,18,19). The number of aryl methyl sites for hydroxylation is 1. The van der Waals surface area contributed by atoms with Gasteiger partial charge in [-0.25, -0.2) is 9.78 Å². The minimum atomic E-state index is -0.486. The van der Waals surface area contributed by atoms with Crippen molar-refractivity contribution in [2.75, 3.05) is 25.6 Å². The molecule has 0 aliphatic heterocycles. The molecule has 1 fully saturated rings. The highest BCUT2D eigenvalue weighted by molar-refractivity contribution is 7.21. The van der Waals surface area contributed by atoms with Crippen LogP contribution in [0, 0.1) is 12.8 Å². The highest BCUT2D eigenvalue weighted by Gasteiger charge is 2.23. The van der Waals surface area contributed by atoms with Crippen LogP contribution in [0.2, 0.25) is 0 Å². The minimum Gasteiger partial charge on any atom is -0.465 e. The zero-order valence-corrected chi connectivity index (χ0v) is 13.9. The Balaban J connectivity index is 1.81. The minimum absolute atomic E-state index is 0.0201. The zero-order valence-electron chi connectivity index (χ0n) is 13.0. The lowest BCUT2D eigenvalue weighted by Gasteiger charge is -2.07. The molecule has 1 saturated carbocycles. The first-order valence-electron chi connectivity index (χ1n) is 7.44. The van der Waals surface area contributed by atoms with Crippen LogP contribution in [-0.2, 0) is 14.3 Å². The smallest absolute Gasteiger partial charge is 0.350 e. The third-order valence-corrected chi connectivity index (χ3v) is 4.69. The number of nitrogens with zero attached hydrogens (tertiary/aromatic N) is 1. The number of esters is 1. The zero-order chi connectivity index (χ0) is 16.4. The Bertz CT molecular complexity index is 752. The van der Waals surface area contributed by atoms with E-state index in [1.807, 2.05) is 19.1 Å². The summed E-state index contributed by atoms with van der Waals surface area (Å²) in [6.07, 6.45) is 2.35. The summed E-state index contributed by atoms with van der Waals surface area (Å²) < 4.78 is 10.2. The number of methoxy groups -OCH3 is 1. The van der Waals surface area contributed by atoms with Crippen LogP contribution in [0.15, 0.2) is 12.1 Å². The number of anilines is 1. The van der Waals surface area contributed by atoms with Crippen LogP contribution in [0.3, 0.4) is 0 Å². The van der Waals surface area contributed by atoms with Crippen molar-refractivity contribution in [1.82, 2.24) is 4.98 Å². The molecule has 0 radical (unpaired) electrons. The molecule has 0 aromatic carbocycles.